The van der Waals surface area contributed by atoms with Gasteiger partial charge in [-0.05, 0) is 48.0 Å². The van der Waals surface area contributed by atoms with Gasteiger partial charge in [0.15, 0.2) is 5.65 Å². The van der Waals surface area contributed by atoms with Crippen molar-refractivity contribution in [2.75, 3.05) is 0 Å². The van der Waals surface area contributed by atoms with Crippen LogP contribution in [-0.4, -0.2) is 19.3 Å². The number of aromatic nitrogens is 4. The van der Waals surface area contributed by atoms with Crippen molar-refractivity contribution in [3.8, 4) is 5.69 Å². The molecule has 0 radical (unpaired) electrons. The summed E-state index contributed by atoms with van der Waals surface area (Å²) in [5.74, 6) is 1.11. The number of benzene rings is 1. The van der Waals surface area contributed by atoms with Gasteiger partial charge in [0, 0.05) is 11.0 Å². The molecule has 0 unspecified atom stereocenters. The van der Waals surface area contributed by atoms with E-state index in [2.05, 4.69) is 32.9 Å². The SMILES string of the molecule is CCn1nc(C)c2nc(CCl)n(-c3ccc(Br)c(Cl)c3)c21. The van der Waals surface area contributed by atoms with E-state index in [1.54, 1.807) is 0 Å². The second-order valence-electron chi connectivity index (χ2n) is 4.67. The Morgan fingerprint density at radius 2 is 2.10 bits per heavy atom. The van der Waals surface area contributed by atoms with Crippen LogP contribution in [0.15, 0.2) is 22.7 Å². The van der Waals surface area contributed by atoms with Gasteiger partial charge in [-0.3, -0.25) is 4.57 Å². The molecule has 2 heterocycles. The zero-order chi connectivity index (χ0) is 15.1. The number of halogens is 3. The highest BCUT2D eigenvalue weighted by Gasteiger charge is 2.19. The van der Waals surface area contributed by atoms with E-state index in [0.717, 1.165) is 39.4 Å². The predicted molar refractivity (Wildman–Crippen MR) is 89.5 cm³/mol. The maximum absolute atomic E-state index is 6.22. The van der Waals surface area contributed by atoms with Crippen LogP contribution in [0.25, 0.3) is 16.9 Å². The van der Waals surface area contributed by atoms with Crippen LogP contribution in [0.2, 0.25) is 5.02 Å². The van der Waals surface area contributed by atoms with Gasteiger partial charge < -0.3 is 0 Å². The van der Waals surface area contributed by atoms with Crippen molar-refractivity contribution < 1.29 is 0 Å². The molecule has 0 atom stereocenters. The molecule has 110 valence electrons. The van der Waals surface area contributed by atoms with Crippen molar-refractivity contribution >= 4 is 50.3 Å². The number of alkyl halides is 1. The molecule has 0 bridgehead atoms. The average molecular weight is 388 g/mol. The summed E-state index contributed by atoms with van der Waals surface area (Å²) >= 11 is 15.7. The van der Waals surface area contributed by atoms with E-state index in [1.165, 1.54) is 0 Å². The Hall–Kier alpha value is -1.04. The summed E-state index contributed by atoms with van der Waals surface area (Å²) in [5.41, 5.74) is 3.66. The Labute approximate surface area is 140 Å². The first-order chi connectivity index (χ1) is 10.1. The van der Waals surface area contributed by atoms with Crippen LogP contribution in [-0.2, 0) is 12.4 Å². The Morgan fingerprint density at radius 3 is 2.71 bits per heavy atom. The highest BCUT2D eigenvalue weighted by atomic mass is 79.9. The molecule has 3 aromatic rings. The van der Waals surface area contributed by atoms with E-state index < -0.39 is 0 Å². The minimum absolute atomic E-state index is 0.325. The molecule has 0 fully saturated rings. The standard InChI is InChI=1S/C14H13BrCl2N4/c1-3-20-14-13(8(2)19-20)18-12(7-16)21(14)9-4-5-10(15)11(17)6-9/h4-6H,3,7H2,1-2H3. The summed E-state index contributed by atoms with van der Waals surface area (Å²) in [6.07, 6.45) is 0. The molecule has 0 spiro atoms. The van der Waals surface area contributed by atoms with Gasteiger partial charge >= 0.3 is 0 Å². The molecular weight excluding hydrogens is 375 g/mol. The molecular formula is C14H13BrCl2N4. The maximum Gasteiger partial charge on any atom is 0.163 e. The minimum atomic E-state index is 0.325. The van der Waals surface area contributed by atoms with Crippen molar-refractivity contribution in [1.82, 2.24) is 19.3 Å². The van der Waals surface area contributed by atoms with Gasteiger partial charge in [0.2, 0.25) is 0 Å². The smallest absolute Gasteiger partial charge is 0.163 e. The summed E-state index contributed by atoms with van der Waals surface area (Å²) in [7, 11) is 0. The molecule has 0 saturated carbocycles. The molecule has 0 saturated heterocycles. The number of aryl methyl sites for hydroxylation is 2. The van der Waals surface area contributed by atoms with Gasteiger partial charge in [0.05, 0.1) is 22.3 Å². The summed E-state index contributed by atoms with van der Waals surface area (Å²) in [6, 6.07) is 5.79. The van der Waals surface area contributed by atoms with Crippen LogP contribution < -0.4 is 0 Å². The van der Waals surface area contributed by atoms with Gasteiger partial charge in [-0.2, -0.15) is 5.10 Å². The summed E-state index contributed by atoms with van der Waals surface area (Å²) in [5, 5.41) is 5.17. The van der Waals surface area contributed by atoms with Crippen LogP contribution in [0.4, 0.5) is 0 Å². The molecule has 2 aromatic heterocycles. The van der Waals surface area contributed by atoms with Crippen molar-refractivity contribution in [1.29, 1.82) is 0 Å². The van der Waals surface area contributed by atoms with Crippen molar-refractivity contribution in [3.63, 3.8) is 0 Å². The van der Waals surface area contributed by atoms with E-state index >= 15 is 0 Å². The second-order valence-corrected chi connectivity index (χ2v) is 6.20. The van der Waals surface area contributed by atoms with Gasteiger partial charge in [-0.15, -0.1) is 11.6 Å². The average Bonchev–Trinajstić information content (AvgIpc) is 2.99. The third-order valence-electron chi connectivity index (χ3n) is 3.36. The molecule has 1 aromatic carbocycles. The lowest BCUT2D eigenvalue weighted by atomic mass is 10.3. The largest absolute Gasteiger partial charge is 0.280 e. The molecule has 3 rings (SSSR count). The van der Waals surface area contributed by atoms with E-state index in [0.29, 0.717) is 10.9 Å². The van der Waals surface area contributed by atoms with E-state index in [9.17, 15) is 0 Å². The second kappa shape index (κ2) is 5.63. The normalized spacial score (nSPS) is 11.5. The van der Waals surface area contributed by atoms with Gasteiger partial charge in [-0.25, -0.2) is 9.67 Å². The fourth-order valence-electron chi connectivity index (χ4n) is 2.42. The first kappa shape index (κ1) is 14.9. The fraction of sp³-hybridized carbons (Fsp3) is 0.286. The number of rotatable bonds is 3. The molecule has 0 N–H and O–H groups in total. The first-order valence-corrected chi connectivity index (χ1v) is 8.23. The third kappa shape index (κ3) is 2.37. The maximum atomic E-state index is 6.22. The molecule has 0 aliphatic heterocycles. The highest BCUT2D eigenvalue weighted by Crippen LogP contribution is 2.29. The van der Waals surface area contributed by atoms with Gasteiger partial charge in [0.25, 0.3) is 0 Å². The molecule has 0 amide bonds. The zero-order valence-corrected chi connectivity index (χ0v) is 14.7. The summed E-state index contributed by atoms with van der Waals surface area (Å²) in [6.45, 7) is 4.78. The predicted octanol–water partition coefficient (Wildman–Crippen LogP) is 4.71. The van der Waals surface area contributed by atoms with E-state index in [4.69, 9.17) is 23.2 Å². The van der Waals surface area contributed by atoms with Crippen molar-refractivity contribution in [2.24, 2.45) is 0 Å². The van der Waals surface area contributed by atoms with Crippen LogP contribution in [0.3, 0.4) is 0 Å². The molecule has 4 nitrogen and oxygen atoms in total. The number of nitrogens with zero attached hydrogens (tertiary/aromatic N) is 4. The van der Waals surface area contributed by atoms with Crippen molar-refractivity contribution in [3.05, 3.63) is 39.2 Å². The minimum Gasteiger partial charge on any atom is -0.280 e. The number of fused-ring (bicyclic) bond motifs is 1. The fourth-order valence-corrected chi connectivity index (χ4v) is 3.02. The summed E-state index contributed by atoms with van der Waals surface area (Å²) < 4.78 is 4.81. The Balaban J connectivity index is 2.36. The lowest BCUT2D eigenvalue weighted by Crippen LogP contribution is -2.06. The van der Waals surface area contributed by atoms with Crippen LogP contribution >= 0.6 is 39.1 Å². The molecule has 21 heavy (non-hydrogen) atoms. The first-order valence-electron chi connectivity index (χ1n) is 6.53. The Bertz CT molecular complexity index is 822. The number of hydrogen-bond donors (Lipinski definition) is 0. The Kier molecular flexibility index (Phi) is 3.99. The topological polar surface area (TPSA) is 35.6 Å². The highest BCUT2D eigenvalue weighted by molar-refractivity contribution is 9.10. The Morgan fingerprint density at radius 1 is 1.33 bits per heavy atom. The van der Waals surface area contributed by atoms with Gasteiger partial charge in [-0.1, -0.05) is 11.6 Å². The van der Waals surface area contributed by atoms with Crippen LogP contribution in [0, 0.1) is 6.92 Å². The lowest BCUT2D eigenvalue weighted by molar-refractivity contribution is 0.660. The van der Waals surface area contributed by atoms with Crippen LogP contribution in [0.5, 0.6) is 0 Å². The van der Waals surface area contributed by atoms with E-state index in [1.807, 2.05) is 34.4 Å². The number of hydrogen-bond acceptors (Lipinski definition) is 2. The third-order valence-corrected chi connectivity index (χ3v) is 4.83. The molecule has 0 aliphatic carbocycles. The quantitative estimate of drug-likeness (QED) is 0.610. The number of imidazole rings is 1. The molecule has 0 aliphatic rings. The zero-order valence-electron chi connectivity index (χ0n) is 11.6. The van der Waals surface area contributed by atoms with Gasteiger partial charge in [0.1, 0.15) is 11.3 Å². The van der Waals surface area contributed by atoms with Crippen molar-refractivity contribution in [2.45, 2.75) is 26.3 Å². The monoisotopic (exact) mass is 386 g/mol. The lowest BCUT2D eigenvalue weighted by Gasteiger charge is -2.10. The van der Waals surface area contributed by atoms with Crippen LogP contribution in [0.1, 0.15) is 18.4 Å². The summed E-state index contributed by atoms with van der Waals surface area (Å²) in [4.78, 5) is 4.62. The molecule has 7 heteroatoms. The van der Waals surface area contributed by atoms with E-state index in [-0.39, 0.29) is 0 Å².